The number of nitrogens with zero attached hydrogens (tertiary/aromatic N) is 6. The first kappa shape index (κ1) is 66.9. The monoisotopic (exact) mass is 1180 g/mol. The van der Waals surface area contributed by atoms with Crippen molar-refractivity contribution in [1.82, 2.24) is 46.2 Å². The number of ketones is 1. The van der Waals surface area contributed by atoms with E-state index >= 15 is 0 Å². The quantitative estimate of drug-likeness (QED) is 0.0287. The zero-order valence-electron chi connectivity index (χ0n) is 40.6. The van der Waals surface area contributed by atoms with Gasteiger partial charge >= 0.3 is 64.4 Å². The third-order valence-corrected chi connectivity index (χ3v) is 10.9. The third kappa shape index (κ3) is 29.3. The number of nitrogens with two attached hydrogens (primary N) is 4. The summed E-state index contributed by atoms with van der Waals surface area (Å²) in [7, 11) is 0. The molecule has 16 N–H and O–H groups in total. The number of diazo groups is 1. The molecule has 1 radical (unpaired) electrons. The molecule has 1 heterocycles. The van der Waals surface area contributed by atoms with Crippen LogP contribution in [0, 0.1) is 51.3 Å². The Balaban J connectivity index is 0.0000518. The van der Waals surface area contributed by atoms with Gasteiger partial charge in [-0.05, 0) is 25.2 Å². The van der Waals surface area contributed by atoms with E-state index in [4.69, 9.17) is 28.3 Å². The molecule has 0 aliphatic carbocycles. The van der Waals surface area contributed by atoms with Crippen molar-refractivity contribution in [1.29, 1.82) is 5.39 Å². The fourth-order valence-electron chi connectivity index (χ4n) is 7.12. The van der Waals surface area contributed by atoms with Crippen LogP contribution in [0.3, 0.4) is 0 Å². The van der Waals surface area contributed by atoms with E-state index in [1.54, 1.807) is 13.8 Å². The SMILES string of the molecule is CC(C)C(NC(=O)C(CCC(N)=O)NC(=O)C(CCC(=O)C[N+]#N)NC(=O)C(CCC(N)=O)NC(=O)C(CC(N)=O)NC(=O)CN1CCN(CC(=O)O)CCN(CC(=O)O)CCN(CC(=O)O)CC1)C(N)=O.[Gd+3]. The molecule has 1 rings (SSSR count). The molecule has 5 atom stereocenters. The molecule has 0 bridgehead atoms. The molecule has 1 aliphatic rings. The Bertz CT molecular complexity index is 1990. The summed E-state index contributed by atoms with van der Waals surface area (Å²) < 4.78 is 0. The number of rotatable bonds is 31. The number of carbonyl (C=O) groups is 13. The first-order valence-electron chi connectivity index (χ1n) is 22.7. The van der Waals surface area contributed by atoms with Crippen LogP contribution in [0.15, 0.2) is 0 Å². The Hall–Kier alpha value is -6.11. The van der Waals surface area contributed by atoms with Gasteiger partial charge in [-0.2, -0.15) is 0 Å². The van der Waals surface area contributed by atoms with Crippen molar-refractivity contribution >= 4 is 76.9 Å². The summed E-state index contributed by atoms with van der Waals surface area (Å²) in [6.45, 7) is 1.04. The summed E-state index contributed by atoms with van der Waals surface area (Å²) in [5, 5.41) is 49.1. The number of carbonyl (C=O) groups excluding carboxylic acids is 10. The molecular weight excluding hydrogens is 1120 g/mol. The van der Waals surface area contributed by atoms with Gasteiger partial charge in [-0.1, -0.05) is 13.8 Å². The molecule has 32 heteroatoms. The summed E-state index contributed by atoms with van der Waals surface area (Å²) in [5.41, 5.74) is 21.4. The third-order valence-electron chi connectivity index (χ3n) is 10.9. The molecular formula is C41H68GdN15O16+4. The largest absolute Gasteiger partial charge is 3.00 e. The summed E-state index contributed by atoms with van der Waals surface area (Å²) in [5.74, 6) is -14.0. The molecule has 73 heavy (non-hydrogen) atoms. The van der Waals surface area contributed by atoms with Crippen LogP contribution >= 0.6 is 0 Å². The number of carboxylic acids is 3. The number of Topliss-reactive ketones (excluding diaryl/α,β-unsaturated/α-hetero) is 1. The Morgan fingerprint density at radius 2 is 0.822 bits per heavy atom. The number of aliphatic carboxylic acids is 3. The van der Waals surface area contributed by atoms with Crippen molar-refractivity contribution in [2.45, 2.75) is 89.0 Å². The molecule has 5 unspecified atom stereocenters. The average Bonchev–Trinajstić information content (AvgIpc) is 3.26. The number of nitrogens with one attached hydrogen (secondary N) is 5. The first-order chi connectivity index (χ1) is 33.7. The van der Waals surface area contributed by atoms with Crippen LogP contribution in [0.2, 0.25) is 0 Å². The van der Waals surface area contributed by atoms with E-state index in [-0.39, 0.29) is 92.3 Å². The molecule has 1 saturated heterocycles. The number of carboxylic acid groups (broad SMARTS) is 3. The molecule has 1 fully saturated rings. The van der Waals surface area contributed by atoms with Crippen LogP contribution in [0.4, 0.5) is 0 Å². The summed E-state index contributed by atoms with van der Waals surface area (Å²) in [4.78, 5) is 173. The molecule has 407 valence electrons. The Labute approximate surface area is 451 Å². The maximum absolute atomic E-state index is 14.0. The molecule has 0 aromatic heterocycles. The van der Waals surface area contributed by atoms with E-state index in [0.29, 0.717) is 0 Å². The normalized spacial score (nSPS) is 16.1. The Morgan fingerprint density at radius 1 is 0.493 bits per heavy atom. The second kappa shape index (κ2) is 35.1. The topological polar surface area (TPSA) is 488 Å². The van der Waals surface area contributed by atoms with Crippen LogP contribution in [-0.4, -0.2) is 227 Å². The van der Waals surface area contributed by atoms with E-state index in [0.717, 1.165) is 0 Å². The smallest absolute Gasteiger partial charge is 0.480 e. The van der Waals surface area contributed by atoms with Crippen LogP contribution in [-0.2, 0) is 62.3 Å². The van der Waals surface area contributed by atoms with Gasteiger partial charge in [-0.3, -0.25) is 81.9 Å². The zero-order chi connectivity index (χ0) is 54.7. The van der Waals surface area contributed by atoms with Crippen molar-refractivity contribution in [3.8, 4) is 0 Å². The van der Waals surface area contributed by atoms with E-state index in [9.17, 15) is 77.6 Å². The Kier molecular flexibility index (Phi) is 32.2. The van der Waals surface area contributed by atoms with Gasteiger partial charge in [0.1, 0.15) is 35.2 Å². The van der Waals surface area contributed by atoms with Gasteiger partial charge in [0, 0.05) is 71.6 Å². The van der Waals surface area contributed by atoms with Crippen LogP contribution < -0.4 is 49.5 Å². The van der Waals surface area contributed by atoms with Gasteiger partial charge in [-0.25, -0.2) is 0 Å². The first-order valence-corrected chi connectivity index (χ1v) is 22.7. The molecule has 0 spiro atoms. The molecule has 0 aromatic carbocycles. The van der Waals surface area contributed by atoms with Gasteiger partial charge in [0.25, 0.3) is 0 Å². The molecule has 0 aromatic rings. The predicted molar refractivity (Wildman–Crippen MR) is 247 cm³/mol. The maximum Gasteiger partial charge on any atom is 3.00 e. The zero-order valence-corrected chi connectivity index (χ0v) is 42.9. The van der Waals surface area contributed by atoms with Gasteiger partial charge in [-0.15, -0.1) is 0 Å². The van der Waals surface area contributed by atoms with Crippen LogP contribution in [0.1, 0.15) is 58.8 Å². The predicted octanol–water partition coefficient (Wildman–Crippen LogP) is -7.36. The van der Waals surface area contributed by atoms with Crippen molar-refractivity contribution in [3.63, 3.8) is 0 Å². The van der Waals surface area contributed by atoms with Gasteiger partial charge < -0.3 is 64.8 Å². The van der Waals surface area contributed by atoms with E-state index < -0.39 is 191 Å². The number of primary amides is 4. The standard InChI is InChI=1S/C41H67N15O16.Gd/c1-23(2)36(37(45)68)52-40(71)27(6-8-30(43)59)50-38(69)25(4-3-24(57)18-47-46)49-39(70)26(5-7-29(42)58)51-41(72)28(17-31(44)60)48-32(61)19-53-9-11-54(20-33(62)63)13-15-56(22-35(66)67)16-14-55(12-10-53)21-34(64)65;/h23,25-28,36H,3-22H2,1-2H3,(H15-,42,43,44,45,48,49,50,51,52,58,59,60,61,62,63,64,65,66,67,68,69,70,71,72);/q;+3/p+1. The molecule has 1 aliphatic heterocycles. The van der Waals surface area contributed by atoms with Crippen molar-refractivity contribution in [2.75, 3.05) is 85.1 Å². The maximum atomic E-state index is 14.0. The molecule has 31 nitrogen and oxygen atoms in total. The second-order valence-corrected chi connectivity index (χ2v) is 17.3. The van der Waals surface area contributed by atoms with E-state index in [1.165, 1.54) is 19.6 Å². The van der Waals surface area contributed by atoms with Crippen molar-refractivity contribution in [3.05, 3.63) is 4.98 Å². The molecule has 9 amide bonds. The fourth-order valence-corrected chi connectivity index (χ4v) is 7.12. The Morgan fingerprint density at radius 3 is 1.12 bits per heavy atom. The number of amides is 9. The van der Waals surface area contributed by atoms with Gasteiger partial charge in [0.2, 0.25) is 64.3 Å². The summed E-state index contributed by atoms with van der Waals surface area (Å²) >= 11 is 0. The van der Waals surface area contributed by atoms with E-state index in [1.807, 2.05) is 0 Å². The number of hydrogen-bond donors (Lipinski definition) is 12. The van der Waals surface area contributed by atoms with Gasteiger partial charge in [0.15, 0.2) is 0 Å². The minimum absolute atomic E-state index is 0. The summed E-state index contributed by atoms with van der Waals surface area (Å²) in [6, 6.07) is -8.11. The van der Waals surface area contributed by atoms with Crippen molar-refractivity contribution < 1.29 is 118 Å². The fraction of sp³-hybridized carbons (Fsp3) is 0.683. The second-order valence-electron chi connectivity index (χ2n) is 17.3. The van der Waals surface area contributed by atoms with E-state index in [2.05, 4.69) is 31.6 Å². The van der Waals surface area contributed by atoms with Crippen LogP contribution in [0.25, 0.3) is 4.98 Å². The summed E-state index contributed by atoms with van der Waals surface area (Å²) in [6.07, 6.45) is -3.86. The van der Waals surface area contributed by atoms with Crippen LogP contribution in [0.5, 0.6) is 0 Å². The molecule has 0 saturated carbocycles. The minimum atomic E-state index is -1.79. The minimum Gasteiger partial charge on any atom is -0.480 e. The number of hydrogen-bond acceptors (Lipinski definition) is 18. The van der Waals surface area contributed by atoms with Crippen molar-refractivity contribution in [2.24, 2.45) is 28.9 Å². The average molecular weight is 1180 g/mol. The van der Waals surface area contributed by atoms with Gasteiger partial charge in [0.05, 0.1) is 32.6 Å².